The van der Waals surface area contributed by atoms with E-state index >= 15 is 0 Å². The van der Waals surface area contributed by atoms with Gasteiger partial charge in [0.15, 0.2) is 0 Å². The van der Waals surface area contributed by atoms with Crippen molar-refractivity contribution in [3.8, 4) is 0 Å². The Morgan fingerprint density at radius 1 is 0.302 bits per heavy atom. The van der Waals surface area contributed by atoms with Gasteiger partial charge >= 0.3 is 0 Å². The molecular weight excluding hydrogens is 520 g/mol. The second-order valence-electron chi connectivity index (χ2n) is 14.3. The normalized spacial score (nSPS) is 14.9. The van der Waals surface area contributed by atoms with Crippen molar-refractivity contribution in [2.75, 3.05) is 13.1 Å². The van der Waals surface area contributed by atoms with Gasteiger partial charge in [-0.05, 0) is 25.7 Å². The first-order chi connectivity index (χ1) is 21.3. The molecule has 0 saturated carbocycles. The topological polar surface area (TPSA) is 6.48 Å². The van der Waals surface area contributed by atoms with Gasteiger partial charge in [0.25, 0.3) is 0 Å². The summed E-state index contributed by atoms with van der Waals surface area (Å²) >= 11 is 0. The lowest BCUT2D eigenvalue weighted by molar-refractivity contribution is 0.135. The first-order valence-corrected chi connectivity index (χ1v) is 20.5. The van der Waals surface area contributed by atoms with Crippen molar-refractivity contribution < 1.29 is 0 Å². The van der Waals surface area contributed by atoms with Gasteiger partial charge in [0.2, 0.25) is 0 Å². The van der Waals surface area contributed by atoms with Gasteiger partial charge in [-0.25, -0.2) is 0 Å². The Balaban J connectivity index is 2.19. The SMILES string of the molecule is CCCCCCCCCCCCCCCCC1N(CCCCCCCCC)C=CN1CCCCCCCCCCCCC. The number of hydrogen-bond donors (Lipinski definition) is 0. The summed E-state index contributed by atoms with van der Waals surface area (Å²) in [5.74, 6) is 0. The van der Waals surface area contributed by atoms with Crippen LogP contribution in [0, 0.1) is 0 Å². The highest BCUT2D eigenvalue weighted by atomic mass is 15.4. The number of hydrogen-bond acceptors (Lipinski definition) is 2. The maximum Gasteiger partial charge on any atom is 0.101 e. The average molecular weight is 603 g/mol. The number of nitrogens with zero attached hydrogens (tertiary/aromatic N) is 2. The fourth-order valence-corrected chi connectivity index (χ4v) is 7.07. The first-order valence-electron chi connectivity index (χ1n) is 20.5. The van der Waals surface area contributed by atoms with E-state index in [2.05, 4.69) is 43.0 Å². The Morgan fingerprint density at radius 3 is 0.814 bits per heavy atom. The molecule has 0 saturated heterocycles. The van der Waals surface area contributed by atoms with Gasteiger partial charge < -0.3 is 9.80 Å². The van der Waals surface area contributed by atoms with E-state index in [1.54, 1.807) is 0 Å². The van der Waals surface area contributed by atoms with Gasteiger partial charge in [0.1, 0.15) is 6.17 Å². The molecule has 0 bridgehead atoms. The van der Waals surface area contributed by atoms with Crippen molar-refractivity contribution in [1.29, 1.82) is 0 Å². The van der Waals surface area contributed by atoms with Crippen LogP contribution in [0.2, 0.25) is 0 Å². The maximum atomic E-state index is 2.72. The van der Waals surface area contributed by atoms with Crippen molar-refractivity contribution >= 4 is 0 Å². The summed E-state index contributed by atoms with van der Waals surface area (Å²) < 4.78 is 0. The molecule has 2 nitrogen and oxygen atoms in total. The number of unbranched alkanes of at least 4 members (excludes halogenated alkanes) is 29. The summed E-state index contributed by atoms with van der Waals surface area (Å²) in [6, 6.07) is 0. The zero-order valence-electron chi connectivity index (χ0n) is 30.4. The third-order valence-corrected chi connectivity index (χ3v) is 10.1. The lowest BCUT2D eigenvalue weighted by atomic mass is 10.0. The Bertz CT molecular complexity index is 558. The average Bonchev–Trinajstić information content (AvgIpc) is 3.40. The molecule has 0 aromatic rings. The van der Waals surface area contributed by atoms with Crippen LogP contribution in [0.15, 0.2) is 12.4 Å². The van der Waals surface area contributed by atoms with Crippen molar-refractivity contribution in [1.82, 2.24) is 9.80 Å². The second-order valence-corrected chi connectivity index (χ2v) is 14.3. The highest BCUT2D eigenvalue weighted by molar-refractivity contribution is 4.97. The Morgan fingerprint density at radius 2 is 0.535 bits per heavy atom. The maximum absolute atomic E-state index is 2.72. The molecule has 1 atom stereocenters. The molecule has 0 amide bonds. The molecular formula is C41H82N2. The van der Waals surface area contributed by atoms with E-state index in [0.717, 1.165) is 0 Å². The summed E-state index contributed by atoms with van der Waals surface area (Å²) in [6.45, 7) is 9.48. The summed E-state index contributed by atoms with van der Waals surface area (Å²) in [6.07, 6.45) is 52.9. The molecule has 1 aliphatic rings. The number of rotatable bonds is 35. The van der Waals surface area contributed by atoms with Gasteiger partial charge in [-0.3, -0.25) is 0 Å². The van der Waals surface area contributed by atoms with Crippen LogP contribution in [0.5, 0.6) is 0 Å². The minimum absolute atomic E-state index is 0.639. The third-order valence-electron chi connectivity index (χ3n) is 10.1. The van der Waals surface area contributed by atoms with Crippen LogP contribution in [0.1, 0.15) is 233 Å². The first kappa shape index (κ1) is 40.4. The van der Waals surface area contributed by atoms with Crippen molar-refractivity contribution in [2.24, 2.45) is 0 Å². The molecule has 43 heavy (non-hydrogen) atoms. The van der Waals surface area contributed by atoms with Crippen LogP contribution in [0.25, 0.3) is 0 Å². The molecule has 0 fully saturated rings. The minimum atomic E-state index is 0.639. The van der Waals surface area contributed by atoms with Crippen molar-refractivity contribution in [2.45, 2.75) is 239 Å². The monoisotopic (exact) mass is 603 g/mol. The van der Waals surface area contributed by atoms with Gasteiger partial charge in [-0.15, -0.1) is 0 Å². The zero-order valence-corrected chi connectivity index (χ0v) is 30.4. The molecule has 0 spiro atoms. The predicted octanol–water partition coefficient (Wildman–Crippen LogP) is 14.3. The van der Waals surface area contributed by atoms with Crippen LogP contribution in [0.4, 0.5) is 0 Å². The van der Waals surface area contributed by atoms with Gasteiger partial charge in [0, 0.05) is 25.5 Å². The molecule has 1 aliphatic heterocycles. The molecule has 256 valence electrons. The van der Waals surface area contributed by atoms with Crippen molar-refractivity contribution in [3.05, 3.63) is 12.4 Å². The summed E-state index contributed by atoms with van der Waals surface area (Å²) in [4.78, 5) is 5.43. The second kappa shape index (κ2) is 32.7. The molecule has 0 radical (unpaired) electrons. The van der Waals surface area contributed by atoms with E-state index in [4.69, 9.17) is 0 Å². The molecule has 0 aliphatic carbocycles. The van der Waals surface area contributed by atoms with E-state index in [0.29, 0.717) is 6.17 Å². The van der Waals surface area contributed by atoms with Crippen LogP contribution in [0.3, 0.4) is 0 Å². The largest absolute Gasteiger partial charge is 0.356 e. The standard InChI is InChI=1S/C41H82N2/c1-4-7-10-13-16-18-20-21-22-23-25-27-30-33-36-41-42(37-34-31-28-15-12-9-6-3)39-40-43(41)38-35-32-29-26-24-19-17-14-11-8-5-2/h39-41H,4-38H2,1-3H3. The lowest BCUT2D eigenvalue weighted by Crippen LogP contribution is -2.39. The van der Waals surface area contributed by atoms with Crippen LogP contribution >= 0.6 is 0 Å². The third kappa shape index (κ3) is 25.2. The Labute approximate surface area is 273 Å². The van der Waals surface area contributed by atoms with Crippen LogP contribution in [-0.2, 0) is 0 Å². The molecule has 1 heterocycles. The summed E-state index contributed by atoms with van der Waals surface area (Å²) in [5.41, 5.74) is 0. The summed E-state index contributed by atoms with van der Waals surface area (Å²) in [5, 5.41) is 0. The molecule has 0 aromatic heterocycles. The Kier molecular flexibility index (Phi) is 30.7. The van der Waals surface area contributed by atoms with E-state index in [1.165, 1.54) is 225 Å². The molecule has 0 aromatic carbocycles. The molecule has 1 unspecified atom stereocenters. The smallest absolute Gasteiger partial charge is 0.101 e. The highest BCUT2D eigenvalue weighted by Crippen LogP contribution is 2.24. The fourth-order valence-electron chi connectivity index (χ4n) is 7.07. The van der Waals surface area contributed by atoms with Crippen LogP contribution in [-0.4, -0.2) is 29.1 Å². The lowest BCUT2D eigenvalue weighted by Gasteiger charge is -2.33. The highest BCUT2D eigenvalue weighted by Gasteiger charge is 2.24. The quantitative estimate of drug-likeness (QED) is 0.0666. The van der Waals surface area contributed by atoms with Gasteiger partial charge in [0.05, 0.1) is 0 Å². The van der Waals surface area contributed by atoms with E-state index < -0.39 is 0 Å². The molecule has 2 heteroatoms. The van der Waals surface area contributed by atoms with E-state index in [9.17, 15) is 0 Å². The van der Waals surface area contributed by atoms with E-state index in [1.807, 2.05) is 0 Å². The van der Waals surface area contributed by atoms with Gasteiger partial charge in [-0.2, -0.15) is 0 Å². The molecule has 0 N–H and O–H groups in total. The minimum Gasteiger partial charge on any atom is -0.356 e. The molecule has 1 rings (SSSR count). The zero-order chi connectivity index (χ0) is 30.9. The van der Waals surface area contributed by atoms with Gasteiger partial charge in [-0.1, -0.05) is 207 Å². The van der Waals surface area contributed by atoms with Crippen molar-refractivity contribution in [3.63, 3.8) is 0 Å². The Hall–Kier alpha value is -0.660. The van der Waals surface area contributed by atoms with E-state index in [-0.39, 0.29) is 0 Å². The predicted molar refractivity (Wildman–Crippen MR) is 196 cm³/mol. The summed E-state index contributed by atoms with van der Waals surface area (Å²) in [7, 11) is 0. The van der Waals surface area contributed by atoms with Crippen LogP contribution < -0.4 is 0 Å². The fraction of sp³-hybridized carbons (Fsp3) is 0.951.